The van der Waals surface area contributed by atoms with Crippen LogP contribution in [0.15, 0.2) is 46.6 Å². The molecule has 0 aliphatic carbocycles. The van der Waals surface area contributed by atoms with Gasteiger partial charge in [0.2, 0.25) is 5.91 Å². The Morgan fingerprint density at radius 2 is 1.79 bits per heavy atom. The van der Waals surface area contributed by atoms with E-state index < -0.39 is 10.0 Å². The van der Waals surface area contributed by atoms with E-state index in [0.29, 0.717) is 50.1 Å². The number of benzene rings is 1. The third-order valence-corrected chi connectivity index (χ3v) is 7.32. The molecule has 8 nitrogen and oxygen atoms in total. The molecule has 3 rings (SSSR count). The Morgan fingerprint density at radius 3 is 2.41 bits per heavy atom. The third kappa shape index (κ3) is 7.84. The normalized spacial score (nSPS) is 20.9. The van der Waals surface area contributed by atoms with E-state index in [2.05, 4.69) is 9.30 Å². The van der Waals surface area contributed by atoms with Crippen LogP contribution in [0.25, 0.3) is 0 Å². The summed E-state index contributed by atoms with van der Waals surface area (Å²) >= 11 is 0. The van der Waals surface area contributed by atoms with Gasteiger partial charge < -0.3 is 14.9 Å². The highest BCUT2D eigenvalue weighted by Gasteiger charge is 2.31. The Morgan fingerprint density at radius 1 is 1.15 bits per heavy atom. The number of amides is 1. The number of aliphatic hydroxyl groups is 1. The van der Waals surface area contributed by atoms with Gasteiger partial charge in [0.05, 0.1) is 12.8 Å². The van der Waals surface area contributed by atoms with E-state index in [9.17, 15) is 18.3 Å². The number of carbonyl (C=O) groups is 1. The Balaban J connectivity index is 1.53. The van der Waals surface area contributed by atoms with E-state index in [1.54, 1.807) is 6.08 Å². The summed E-state index contributed by atoms with van der Waals surface area (Å²) < 4.78 is 27.9. The van der Waals surface area contributed by atoms with E-state index in [1.807, 2.05) is 54.1 Å². The van der Waals surface area contributed by atoms with Crippen molar-refractivity contribution < 1.29 is 18.3 Å². The number of carbonyl (C=O) groups excluding carboxylic acids is 1. The molecule has 0 saturated carbocycles. The largest absolute Gasteiger partial charge is 0.511 e. The van der Waals surface area contributed by atoms with Crippen molar-refractivity contribution >= 4 is 21.8 Å². The molecule has 2 saturated heterocycles. The van der Waals surface area contributed by atoms with Gasteiger partial charge in [-0.05, 0) is 50.8 Å². The Hall–Kier alpha value is -2.39. The summed E-state index contributed by atoms with van der Waals surface area (Å²) in [4.78, 5) is 19.1. The molecule has 1 atom stereocenters. The van der Waals surface area contributed by atoms with Gasteiger partial charge in [-0.2, -0.15) is 4.40 Å². The molecule has 0 radical (unpaired) electrons. The summed E-state index contributed by atoms with van der Waals surface area (Å²) in [5.41, 5.74) is 1.01. The smallest absolute Gasteiger partial charge is 0.251 e. The van der Waals surface area contributed by atoms with Crippen molar-refractivity contribution in [1.29, 1.82) is 0 Å². The van der Waals surface area contributed by atoms with Gasteiger partial charge in [0, 0.05) is 45.1 Å². The van der Waals surface area contributed by atoms with Gasteiger partial charge >= 0.3 is 0 Å². The van der Waals surface area contributed by atoms with Crippen LogP contribution >= 0.6 is 0 Å². The minimum Gasteiger partial charge on any atom is -0.511 e. The quantitative estimate of drug-likeness (QED) is 0.342. The first-order chi connectivity index (χ1) is 16.1. The van der Waals surface area contributed by atoms with Crippen LogP contribution in [0.5, 0.6) is 0 Å². The second kappa shape index (κ2) is 11.8. The zero-order valence-corrected chi connectivity index (χ0v) is 21.4. The highest BCUT2D eigenvalue weighted by atomic mass is 32.2. The van der Waals surface area contributed by atoms with Crippen molar-refractivity contribution in [2.75, 3.05) is 46.0 Å². The lowest BCUT2D eigenvalue weighted by atomic mass is 10.00. The van der Waals surface area contributed by atoms with Gasteiger partial charge in [0.1, 0.15) is 11.6 Å². The van der Waals surface area contributed by atoms with E-state index in [4.69, 9.17) is 0 Å². The van der Waals surface area contributed by atoms with Crippen molar-refractivity contribution in [2.45, 2.75) is 45.1 Å². The number of allylic oxidation sites excluding steroid dienone is 1. The fourth-order valence-electron chi connectivity index (χ4n) is 4.81. The molecule has 1 aromatic rings. The second-order valence-corrected chi connectivity index (χ2v) is 11.2. The molecular weight excluding hydrogens is 452 g/mol. The summed E-state index contributed by atoms with van der Waals surface area (Å²) in [6.45, 7) is 5.18. The molecule has 34 heavy (non-hydrogen) atoms. The average Bonchev–Trinajstić information content (AvgIpc) is 3.27. The van der Waals surface area contributed by atoms with Gasteiger partial charge in [-0.3, -0.25) is 9.69 Å². The fourth-order valence-corrected chi connectivity index (χ4v) is 5.38. The molecular formula is C25H38N4O4S. The summed E-state index contributed by atoms with van der Waals surface area (Å²) in [6.07, 6.45) is 6.43. The van der Waals surface area contributed by atoms with E-state index in [1.165, 1.54) is 0 Å². The number of rotatable bonds is 8. The van der Waals surface area contributed by atoms with Crippen LogP contribution in [0.4, 0.5) is 0 Å². The van der Waals surface area contributed by atoms with Crippen LogP contribution in [0.1, 0.15) is 38.2 Å². The summed E-state index contributed by atoms with van der Waals surface area (Å²) in [7, 11) is -1.50. The minimum absolute atomic E-state index is 0.175. The lowest BCUT2D eigenvalue weighted by molar-refractivity contribution is -0.133. The molecule has 2 aliphatic rings. The first-order valence-electron chi connectivity index (χ1n) is 12.0. The summed E-state index contributed by atoms with van der Waals surface area (Å²) in [5, 5.41) is 9.77. The SMILES string of the molecule is C/C=C(/O)CN(C)C1CCN(C(=O)CC2CCN(/C(Cc3ccccc3)=N\S(C)(=O)=O)C2)CC1. The third-order valence-electron chi connectivity index (χ3n) is 6.78. The van der Waals surface area contributed by atoms with Gasteiger partial charge in [0.25, 0.3) is 10.0 Å². The zero-order chi connectivity index (χ0) is 24.7. The number of likely N-dealkylation sites (N-methyl/N-ethyl adjacent to an activating group) is 1. The number of hydrogen-bond donors (Lipinski definition) is 1. The molecule has 1 unspecified atom stereocenters. The molecule has 1 aromatic carbocycles. The number of amidine groups is 1. The minimum atomic E-state index is -3.51. The number of likely N-dealkylation sites (tertiary alicyclic amines) is 2. The topological polar surface area (TPSA) is 93.5 Å². The number of sulfonamides is 1. The van der Waals surface area contributed by atoms with Gasteiger partial charge in [-0.1, -0.05) is 30.3 Å². The van der Waals surface area contributed by atoms with Crippen molar-refractivity contribution in [3.63, 3.8) is 0 Å². The van der Waals surface area contributed by atoms with Crippen molar-refractivity contribution in [2.24, 2.45) is 10.3 Å². The maximum atomic E-state index is 13.0. The maximum Gasteiger partial charge on any atom is 0.251 e. The number of piperidine rings is 1. The molecule has 2 aliphatic heterocycles. The number of aliphatic hydroxyl groups excluding tert-OH is 1. The van der Waals surface area contributed by atoms with E-state index in [-0.39, 0.29) is 11.8 Å². The van der Waals surface area contributed by atoms with Gasteiger partial charge in [-0.25, -0.2) is 8.42 Å². The molecule has 2 heterocycles. The molecule has 1 amide bonds. The zero-order valence-electron chi connectivity index (χ0n) is 20.6. The molecule has 188 valence electrons. The van der Waals surface area contributed by atoms with Crippen LogP contribution in [-0.2, 0) is 21.2 Å². The van der Waals surface area contributed by atoms with Crippen molar-refractivity contribution in [1.82, 2.24) is 14.7 Å². The van der Waals surface area contributed by atoms with Gasteiger partial charge in [-0.15, -0.1) is 0 Å². The van der Waals surface area contributed by atoms with Crippen LogP contribution < -0.4 is 0 Å². The first kappa shape index (κ1) is 26.2. The first-order valence-corrected chi connectivity index (χ1v) is 13.9. The second-order valence-electron chi connectivity index (χ2n) is 9.51. The van der Waals surface area contributed by atoms with Crippen LogP contribution in [0.3, 0.4) is 0 Å². The highest BCUT2D eigenvalue weighted by Crippen LogP contribution is 2.24. The summed E-state index contributed by atoms with van der Waals surface area (Å²) in [5.74, 6) is 1.30. The maximum absolute atomic E-state index is 13.0. The van der Waals surface area contributed by atoms with Crippen molar-refractivity contribution in [3.05, 3.63) is 47.7 Å². The fraction of sp³-hybridized carbons (Fsp3) is 0.600. The molecule has 0 bridgehead atoms. The predicted octanol–water partition coefficient (Wildman–Crippen LogP) is 2.68. The standard InChI is InChI=1S/C25H38N4O4S/c1-4-23(30)19-27(2)22-11-14-28(15-12-22)25(31)17-21-10-13-29(18-21)24(26-34(3,32)33)16-20-8-6-5-7-9-20/h4-9,21-22,30H,10-19H2,1-3H3/b23-4+,26-24-. The number of hydrogen-bond acceptors (Lipinski definition) is 5. The van der Waals surface area contributed by atoms with Crippen LogP contribution in [-0.4, -0.2) is 92.0 Å². The lowest BCUT2D eigenvalue weighted by Gasteiger charge is -2.37. The van der Waals surface area contributed by atoms with E-state index in [0.717, 1.165) is 44.2 Å². The Kier molecular flexibility index (Phi) is 9.13. The molecule has 0 aromatic heterocycles. The monoisotopic (exact) mass is 490 g/mol. The van der Waals surface area contributed by atoms with Gasteiger partial charge in [0.15, 0.2) is 0 Å². The molecule has 0 spiro atoms. The lowest BCUT2D eigenvalue weighted by Crippen LogP contribution is -2.46. The van der Waals surface area contributed by atoms with Crippen LogP contribution in [0, 0.1) is 5.92 Å². The van der Waals surface area contributed by atoms with Crippen molar-refractivity contribution in [3.8, 4) is 0 Å². The van der Waals surface area contributed by atoms with Crippen LogP contribution in [0.2, 0.25) is 0 Å². The Labute approximate surface area is 204 Å². The highest BCUT2D eigenvalue weighted by molar-refractivity contribution is 7.89. The molecule has 9 heteroatoms. The average molecular weight is 491 g/mol. The number of nitrogens with zero attached hydrogens (tertiary/aromatic N) is 4. The molecule has 1 N–H and O–H groups in total. The Bertz CT molecular complexity index is 985. The van der Waals surface area contributed by atoms with E-state index >= 15 is 0 Å². The predicted molar refractivity (Wildman–Crippen MR) is 135 cm³/mol. The summed E-state index contributed by atoms with van der Waals surface area (Å²) in [6, 6.07) is 10.1. The molecule has 2 fully saturated rings.